The van der Waals surface area contributed by atoms with Gasteiger partial charge in [-0.2, -0.15) is 4.98 Å². The number of urea groups is 1. The van der Waals surface area contributed by atoms with Crippen LogP contribution >= 0.6 is 11.6 Å². The van der Waals surface area contributed by atoms with Crippen LogP contribution in [-0.2, 0) is 0 Å². The number of piperazine rings is 1. The van der Waals surface area contributed by atoms with E-state index < -0.39 is 5.82 Å². The Bertz CT molecular complexity index is 1060. The van der Waals surface area contributed by atoms with E-state index in [4.69, 9.17) is 16.1 Å². The van der Waals surface area contributed by atoms with Crippen molar-refractivity contribution in [1.82, 2.24) is 15.0 Å². The number of benzene rings is 2. The highest BCUT2D eigenvalue weighted by molar-refractivity contribution is 6.31. The van der Waals surface area contributed by atoms with E-state index in [2.05, 4.69) is 20.4 Å². The van der Waals surface area contributed by atoms with Crippen molar-refractivity contribution in [3.05, 3.63) is 59.2 Å². The van der Waals surface area contributed by atoms with Crippen LogP contribution in [0.2, 0.25) is 5.02 Å². The molecule has 1 aliphatic heterocycles. The molecular weight excluding hydrogens is 421 g/mol. The van der Waals surface area contributed by atoms with Gasteiger partial charge in [0.15, 0.2) is 0 Å². The topological polar surface area (TPSA) is 74.5 Å². The van der Waals surface area contributed by atoms with Gasteiger partial charge in [0.1, 0.15) is 5.82 Å². The smallest absolute Gasteiger partial charge is 0.321 e. The van der Waals surface area contributed by atoms with E-state index in [0.29, 0.717) is 43.6 Å². The quantitative estimate of drug-likeness (QED) is 0.613. The first-order chi connectivity index (χ1) is 14.9. The van der Waals surface area contributed by atoms with Crippen LogP contribution in [0.3, 0.4) is 0 Å². The van der Waals surface area contributed by atoms with Crippen molar-refractivity contribution in [2.24, 2.45) is 0 Å². The van der Waals surface area contributed by atoms with Gasteiger partial charge >= 0.3 is 6.03 Å². The van der Waals surface area contributed by atoms with Gasteiger partial charge in [-0.15, -0.1) is 0 Å². The molecule has 0 saturated carbocycles. The van der Waals surface area contributed by atoms with Crippen LogP contribution in [0.1, 0.15) is 25.7 Å². The maximum Gasteiger partial charge on any atom is 0.321 e. The average molecular weight is 444 g/mol. The minimum absolute atomic E-state index is 0.0210. The largest absolute Gasteiger partial charge is 0.368 e. The Morgan fingerprint density at radius 1 is 1.13 bits per heavy atom. The molecule has 0 spiro atoms. The van der Waals surface area contributed by atoms with E-state index in [0.717, 1.165) is 11.3 Å². The van der Waals surface area contributed by atoms with Crippen molar-refractivity contribution in [3.63, 3.8) is 0 Å². The summed E-state index contributed by atoms with van der Waals surface area (Å²) in [7, 11) is 0. The lowest BCUT2D eigenvalue weighted by Crippen LogP contribution is -2.50. The summed E-state index contributed by atoms with van der Waals surface area (Å²) in [6.45, 7) is 6.58. The summed E-state index contributed by atoms with van der Waals surface area (Å²) in [5.41, 5.74) is 2.44. The van der Waals surface area contributed by atoms with Crippen LogP contribution in [0.15, 0.2) is 47.0 Å². The first-order valence-corrected chi connectivity index (χ1v) is 10.5. The maximum atomic E-state index is 13.3. The number of carbonyl (C=O) groups excluding carboxylic acids is 1. The second kappa shape index (κ2) is 8.93. The van der Waals surface area contributed by atoms with Gasteiger partial charge in [-0.05, 0) is 42.5 Å². The molecule has 2 amide bonds. The SMILES string of the molecule is CC(C)c1nc(-c2ccc(N3CCN(C(=O)Nc4ccc(F)c(Cl)c4)CC3)cc2)no1. The lowest BCUT2D eigenvalue weighted by molar-refractivity contribution is 0.208. The first-order valence-electron chi connectivity index (χ1n) is 10.1. The third-order valence-corrected chi connectivity index (χ3v) is 5.45. The van der Waals surface area contributed by atoms with E-state index in [1.54, 1.807) is 4.90 Å². The zero-order chi connectivity index (χ0) is 22.0. The predicted molar refractivity (Wildman–Crippen MR) is 118 cm³/mol. The molecule has 7 nitrogen and oxygen atoms in total. The van der Waals surface area contributed by atoms with Crippen LogP contribution in [0, 0.1) is 5.82 Å². The fourth-order valence-electron chi connectivity index (χ4n) is 3.35. The number of hydrogen-bond acceptors (Lipinski definition) is 5. The third kappa shape index (κ3) is 4.80. The second-order valence-electron chi connectivity index (χ2n) is 7.69. The van der Waals surface area contributed by atoms with E-state index in [1.807, 2.05) is 38.1 Å². The lowest BCUT2D eigenvalue weighted by Gasteiger charge is -2.36. The molecule has 1 fully saturated rings. The molecule has 4 rings (SSSR count). The van der Waals surface area contributed by atoms with Gasteiger partial charge in [-0.1, -0.05) is 30.6 Å². The van der Waals surface area contributed by atoms with Gasteiger partial charge in [0.05, 0.1) is 5.02 Å². The number of hydrogen-bond donors (Lipinski definition) is 1. The highest BCUT2D eigenvalue weighted by Gasteiger charge is 2.22. The molecule has 162 valence electrons. The van der Waals surface area contributed by atoms with Gasteiger partial charge in [0.25, 0.3) is 0 Å². The van der Waals surface area contributed by atoms with Gasteiger partial charge in [-0.3, -0.25) is 0 Å². The average Bonchev–Trinajstić information content (AvgIpc) is 3.27. The molecule has 0 unspecified atom stereocenters. The number of nitrogens with one attached hydrogen (secondary N) is 1. The van der Waals surface area contributed by atoms with Crippen molar-refractivity contribution < 1.29 is 13.7 Å². The van der Waals surface area contributed by atoms with Crippen molar-refractivity contribution in [2.75, 3.05) is 36.4 Å². The van der Waals surface area contributed by atoms with E-state index in [9.17, 15) is 9.18 Å². The molecule has 3 aromatic rings. The summed E-state index contributed by atoms with van der Waals surface area (Å²) in [5, 5.41) is 6.79. The zero-order valence-corrected chi connectivity index (χ0v) is 18.1. The summed E-state index contributed by atoms with van der Waals surface area (Å²) < 4.78 is 18.6. The normalized spacial score (nSPS) is 14.2. The number of nitrogens with zero attached hydrogens (tertiary/aromatic N) is 4. The molecule has 1 N–H and O–H groups in total. The highest BCUT2D eigenvalue weighted by Crippen LogP contribution is 2.24. The summed E-state index contributed by atoms with van der Waals surface area (Å²) >= 11 is 5.78. The minimum Gasteiger partial charge on any atom is -0.368 e. The van der Waals surface area contributed by atoms with E-state index >= 15 is 0 Å². The Balaban J connectivity index is 1.33. The summed E-state index contributed by atoms with van der Waals surface area (Å²) in [6.07, 6.45) is 0. The molecule has 2 aromatic carbocycles. The van der Waals surface area contributed by atoms with Gasteiger partial charge in [-0.25, -0.2) is 9.18 Å². The van der Waals surface area contributed by atoms with Crippen LogP contribution in [-0.4, -0.2) is 47.3 Å². The van der Waals surface area contributed by atoms with Crippen molar-refractivity contribution >= 4 is 29.0 Å². The Kier molecular flexibility index (Phi) is 6.08. The maximum absolute atomic E-state index is 13.3. The number of rotatable bonds is 4. The Morgan fingerprint density at radius 2 is 1.84 bits per heavy atom. The molecule has 9 heteroatoms. The summed E-state index contributed by atoms with van der Waals surface area (Å²) in [4.78, 5) is 20.9. The molecule has 0 radical (unpaired) electrons. The molecule has 0 aliphatic carbocycles. The minimum atomic E-state index is -0.515. The molecule has 31 heavy (non-hydrogen) atoms. The van der Waals surface area contributed by atoms with Crippen LogP contribution in [0.4, 0.5) is 20.6 Å². The summed E-state index contributed by atoms with van der Waals surface area (Å²) in [5.74, 6) is 0.877. The number of amides is 2. The Labute approximate surface area is 184 Å². The van der Waals surface area contributed by atoms with Crippen molar-refractivity contribution in [3.8, 4) is 11.4 Å². The monoisotopic (exact) mass is 443 g/mol. The van der Waals surface area contributed by atoms with Crippen LogP contribution < -0.4 is 10.2 Å². The van der Waals surface area contributed by atoms with Gasteiger partial charge in [0, 0.05) is 49.0 Å². The molecule has 1 aliphatic rings. The Hall–Kier alpha value is -3.13. The first kappa shape index (κ1) is 21.1. The third-order valence-electron chi connectivity index (χ3n) is 5.16. The van der Waals surface area contributed by atoms with E-state index in [1.165, 1.54) is 18.2 Å². The standard InChI is InChI=1S/C22H23ClFN5O2/c1-14(2)21-26-20(27-31-21)15-3-6-17(7-4-15)28-9-11-29(12-10-28)22(30)25-16-5-8-19(24)18(23)13-16/h3-8,13-14H,9-12H2,1-2H3,(H,25,30). The van der Waals surface area contributed by atoms with Crippen LogP contribution in [0.5, 0.6) is 0 Å². The number of anilines is 2. The molecule has 1 saturated heterocycles. The fraction of sp³-hybridized carbons (Fsp3) is 0.318. The van der Waals surface area contributed by atoms with E-state index in [-0.39, 0.29) is 17.0 Å². The molecular formula is C22H23ClFN5O2. The van der Waals surface area contributed by atoms with Crippen molar-refractivity contribution in [2.45, 2.75) is 19.8 Å². The highest BCUT2D eigenvalue weighted by atomic mass is 35.5. The second-order valence-corrected chi connectivity index (χ2v) is 8.10. The number of carbonyl (C=O) groups is 1. The summed E-state index contributed by atoms with van der Waals surface area (Å²) in [6, 6.07) is 11.9. The Morgan fingerprint density at radius 3 is 2.45 bits per heavy atom. The molecule has 0 atom stereocenters. The number of aromatic nitrogens is 2. The number of halogens is 2. The van der Waals surface area contributed by atoms with Crippen LogP contribution in [0.25, 0.3) is 11.4 Å². The van der Waals surface area contributed by atoms with Gasteiger partial charge in [0.2, 0.25) is 11.7 Å². The zero-order valence-electron chi connectivity index (χ0n) is 17.3. The van der Waals surface area contributed by atoms with Crippen molar-refractivity contribution in [1.29, 1.82) is 0 Å². The molecule has 1 aromatic heterocycles. The van der Waals surface area contributed by atoms with Gasteiger partial charge < -0.3 is 19.6 Å². The molecule has 2 heterocycles. The molecule has 0 bridgehead atoms. The lowest BCUT2D eigenvalue weighted by atomic mass is 10.1. The fourth-order valence-corrected chi connectivity index (χ4v) is 3.53. The predicted octanol–water partition coefficient (Wildman–Crippen LogP) is 5.01.